The minimum atomic E-state index is -1.28. The minimum Gasteiger partial charge on any atom is -0.371 e. The lowest BCUT2D eigenvalue weighted by Crippen LogP contribution is -2.60. The van der Waals surface area contributed by atoms with Crippen LogP contribution in [0.1, 0.15) is 51.7 Å². The summed E-state index contributed by atoms with van der Waals surface area (Å²) < 4.78 is 39.5. The number of ether oxygens (including phenoxy) is 4. The number of nitrogens with one attached hydrogen (secondary N) is 1. The van der Waals surface area contributed by atoms with Crippen molar-refractivity contribution in [3.05, 3.63) is 70.5 Å². The Bertz CT molecular complexity index is 1060. The molecule has 2 aromatic rings. The molecule has 1 N–H and O–H groups in total. The molecule has 1 heterocycles. The Balaban J connectivity index is 1.61. The Kier molecular flexibility index (Phi) is 8.37. The van der Waals surface area contributed by atoms with E-state index in [2.05, 4.69) is 5.32 Å². The molecule has 1 saturated carbocycles. The highest BCUT2D eigenvalue weighted by Gasteiger charge is 2.58. The van der Waals surface area contributed by atoms with Crippen molar-refractivity contribution < 1.29 is 28.1 Å². The molecule has 1 aliphatic heterocycles. The number of benzene rings is 2. The van der Waals surface area contributed by atoms with E-state index < -0.39 is 23.6 Å². The van der Waals surface area contributed by atoms with Crippen LogP contribution in [0, 0.1) is 11.7 Å². The van der Waals surface area contributed by atoms with Gasteiger partial charge in [0.25, 0.3) is 5.91 Å². The maximum atomic E-state index is 14.4. The zero-order valence-corrected chi connectivity index (χ0v) is 22.0. The Labute approximate surface area is 217 Å². The standard InChI is InChI=1S/C28H35ClFNO5/c1-18(2)15-31-26(32)28(34-17-20-9-5-6-11-22(20)30)13-23(25-24(14-28)35-27(3,4)36-25)33-16-19-8-7-10-21(29)12-19/h5-12,18,23-25H,13-17H2,1-4H3,(H,31,32)/t23-,24+,25-,28+/m0/s1. The van der Waals surface area contributed by atoms with Crippen LogP contribution in [0.3, 0.4) is 0 Å². The van der Waals surface area contributed by atoms with Gasteiger partial charge in [-0.1, -0.05) is 55.8 Å². The Morgan fingerprint density at radius 1 is 1.14 bits per heavy atom. The van der Waals surface area contributed by atoms with Gasteiger partial charge in [-0.2, -0.15) is 0 Å². The molecule has 2 fully saturated rings. The second-order valence-corrected chi connectivity index (χ2v) is 10.9. The molecule has 196 valence electrons. The fourth-order valence-electron chi connectivity index (χ4n) is 4.83. The van der Waals surface area contributed by atoms with Gasteiger partial charge in [-0.15, -0.1) is 0 Å². The molecule has 8 heteroatoms. The third-order valence-electron chi connectivity index (χ3n) is 6.55. The van der Waals surface area contributed by atoms with E-state index in [1.54, 1.807) is 24.3 Å². The molecule has 4 atom stereocenters. The quantitative estimate of drug-likeness (QED) is 0.480. The maximum Gasteiger partial charge on any atom is 0.252 e. The largest absolute Gasteiger partial charge is 0.371 e. The van der Waals surface area contributed by atoms with Crippen LogP contribution in [0.25, 0.3) is 0 Å². The fraction of sp³-hybridized carbons (Fsp3) is 0.536. The minimum absolute atomic E-state index is 0.0512. The number of fused-ring (bicyclic) bond motifs is 1. The van der Waals surface area contributed by atoms with Gasteiger partial charge in [-0.25, -0.2) is 4.39 Å². The van der Waals surface area contributed by atoms with Crippen molar-refractivity contribution in [2.24, 2.45) is 5.92 Å². The predicted octanol–water partition coefficient (Wildman–Crippen LogP) is 5.41. The van der Waals surface area contributed by atoms with Gasteiger partial charge >= 0.3 is 0 Å². The summed E-state index contributed by atoms with van der Waals surface area (Å²) in [5, 5.41) is 3.64. The number of hydrogen-bond donors (Lipinski definition) is 1. The molecule has 0 aromatic heterocycles. The van der Waals surface area contributed by atoms with Crippen LogP contribution in [0.4, 0.5) is 4.39 Å². The molecule has 1 amide bonds. The molecular weight excluding hydrogens is 485 g/mol. The fourth-order valence-corrected chi connectivity index (χ4v) is 5.04. The van der Waals surface area contributed by atoms with E-state index in [-0.39, 0.29) is 49.8 Å². The average molecular weight is 520 g/mol. The average Bonchev–Trinajstić information content (AvgIpc) is 3.14. The number of rotatable bonds is 9. The lowest BCUT2D eigenvalue weighted by molar-refractivity contribution is -0.183. The summed E-state index contributed by atoms with van der Waals surface area (Å²) in [5.74, 6) is -1.20. The van der Waals surface area contributed by atoms with Crippen molar-refractivity contribution in [2.45, 2.75) is 83.5 Å². The van der Waals surface area contributed by atoms with Crippen LogP contribution in [-0.4, -0.2) is 42.2 Å². The van der Waals surface area contributed by atoms with Crippen molar-refractivity contribution in [3.8, 4) is 0 Å². The van der Waals surface area contributed by atoms with Crippen LogP contribution < -0.4 is 5.32 Å². The van der Waals surface area contributed by atoms with E-state index in [0.717, 1.165) is 5.56 Å². The maximum absolute atomic E-state index is 14.4. The van der Waals surface area contributed by atoms with Crippen LogP contribution in [0.15, 0.2) is 48.5 Å². The lowest BCUT2D eigenvalue weighted by atomic mass is 9.78. The van der Waals surface area contributed by atoms with Gasteiger partial charge in [0.05, 0.1) is 25.4 Å². The van der Waals surface area contributed by atoms with Crippen molar-refractivity contribution >= 4 is 17.5 Å². The van der Waals surface area contributed by atoms with Crippen molar-refractivity contribution in [2.75, 3.05) is 6.54 Å². The predicted molar refractivity (Wildman–Crippen MR) is 135 cm³/mol. The summed E-state index contributed by atoms with van der Waals surface area (Å²) in [5.41, 5.74) is 0.0158. The smallest absolute Gasteiger partial charge is 0.252 e. The number of carbonyl (C=O) groups excluding carboxylic acids is 1. The van der Waals surface area contributed by atoms with Gasteiger partial charge < -0.3 is 24.3 Å². The molecule has 1 aliphatic carbocycles. The molecule has 0 bridgehead atoms. The second kappa shape index (κ2) is 11.2. The summed E-state index contributed by atoms with van der Waals surface area (Å²) in [6.07, 6.45) is -0.774. The second-order valence-electron chi connectivity index (χ2n) is 10.5. The van der Waals surface area contributed by atoms with E-state index >= 15 is 0 Å². The summed E-state index contributed by atoms with van der Waals surface area (Å²) in [4.78, 5) is 13.6. The van der Waals surface area contributed by atoms with E-state index in [4.69, 9.17) is 30.5 Å². The molecule has 0 radical (unpaired) electrons. The van der Waals surface area contributed by atoms with Gasteiger partial charge in [0.1, 0.15) is 11.9 Å². The molecule has 0 unspecified atom stereocenters. The third-order valence-corrected chi connectivity index (χ3v) is 6.78. The highest BCUT2D eigenvalue weighted by molar-refractivity contribution is 6.30. The normalized spacial score (nSPS) is 27.1. The molecule has 2 aromatic carbocycles. The SMILES string of the molecule is CC(C)CNC(=O)[C@@]1(OCc2ccccc2F)C[C@H](OCc2cccc(Cl)c2)[C@@H]2OC(C)(C)O[C@@H]2C1. The summed E-state index contributed by atoms with van der Waals surface area (Å²) in [6.45, 7) is 8.48. The highest BCUT2D eigenvalue weighted by atomic mass is 35.5. The third kappa shape index (κ3) is 6.45. The molecule has 4 rings (SSSR count). The first kappa shape index (κ1) is 27.0. The molecule has 36 heavy (non-hydrogen) atoms. The van der Waals surface area contributed by atoms with E-state index in [9.17, 15) is 9.18 Å². The van der Waals surface area contributed by atoms with E-state index in [0.29, 0.717) is 17.1 Å². The molecule has 1 saturated heterocycles. The molecule has 0 spiro atoms. The van der Waals surface area contributed by atoms with Crippen LogP contribution in [-0.2, 0) is 37.0 Å². The number of hydrogen-bond acceptors (Lipinski definition) is 5. The molecular formula is C28H35ClFNO5. The first-order valence-electron chi connectivity index (χ1n) is 12.4. The van der Waals surface area contributed by atoms with Crippen LogP contribution >= 0.6 is 11.6 Å². The first-order valence-corrected chi connectivity index (χ1v) is 12.8. The topological polar surface area (TPSA) is 66.0 Å². The van der Waals surface area contributed by atoms with Gasteiger partial charge in [0.15, 0.2) is 11.4 Å². The summed E-state index contributed by atoms with van der Waals surface area (Å²) in [6, 6.07) is 13.9. The van der Waals surface area contributed by atoms with Gasteiger partial charge in [-0.05, 0) is 43.5 Å². The summed E-state index contributed by atoms with van der Waals surface area (Å²) >= 11 is 6.15. The Morgan fingerprint density at radius 2 is 1.92 bits per heavy atom. The van der Waals surface area contributed by atoms with Gasteiger partial charge in [0, 0.05) is 30.0 Å². The van der Waals surface area contributed by atoms with Crippen molar-refractivity contribution in [1.82, 2.24) is 5.32 Å². The van der Waals surface area contributed by atoms with Gasteiger partial charge in [0.2, 0.25) is 0 Å². The first-order chi connectivity index (χ1) is 17.1. The lowest BCUT2D eigenvalue weighted by Gasteiger charge is -2.43. The zero-order valence-electron chi connectivity index (χ0n) is 21.3. The monoisotopic (exact) mass is 519 g/mol. The van der Waals surface area contributed by atoms with Crippen molar-refractivity contribution in [3.63, 3.8) is 0 Å². The Hall–Kier alpha value is -2.03. The van der Waals surface area contributed by atoms with E-state index in [1.807, 2.05) is 45.9 Å². The summed E-state index contributed by atoms with van der Waals surface area (Å²) in [7, 11) is 0. The molecule has 2 aliphatic rings. The van der Waals surface area contributed by atoms with Crippen LogP contribution in [0.2, 0.25) is 5.02 Å². The zero-order chi connectivity index (χ0) is 25.9. The van der Waals surface area contributed by atoms with Gasteiger partial charge in [-0.3, -0.25) is 4.79 Å². The van der Waals surface area contributed by atoms with Crippen molar-refractivity contribution in [1.29, 1.82) is 0 Å². The number of carbonyl (C=O) groups is 1. The highest BCUT2D eigenvalue weighted by Crippen LogP contribution is 2.44. The Morgan fingerprint density at radius 3 is 2.64 bits per heavy atom. The number of halogens is 2. The van der Waals surface area contributed by atoms with Crippen LogP contribution in [0.5, 0.6) is 0 Å². The van der Waals surface area contributed by atoms with E-state index in [1.165, 1.54) is 6.07 Å². The molecule has 6 nitrogen and oxygen atoms in total. The number of amides is 1.